The number of nitrogens with two attached hydrogens (primary N) is 2. The molecule has 4 N–H and O–H groups in total. The van der Waals surface area contributed by atoms with E-state index in [4.69, 9.17) is 11.5 Å². The van der Waals surface area contributed by atoms with Crippen molar-refractivity contribution in [2.24, 2.45) is 5.73 Å². The average Bonchev–Trinajstić information content (AvgIpc) is 2.17. The highest BCUT2D eigenvalue weighted by Crippen LogP contribution is 2.23. The van der Waals surface area contributed by atoms with Gasteiger partial charge in [0.15, 0.2) is 0 Å². The first-order chi connectivity index (χ1) is 7.08. The predicted octanol–water partition coefficient (Wildman–Crippen LogP) is 0.0664. The van der Waals surface area contributed by atoms with Gasteiger partial charge in [-0.2, -0.15) is 0 Å². The third-order valence-electron chi connectivity index (χ3n) is 2.73. The van der Waals surface area contributed by atoms with Gasteiger partial charge in [-0.1, -0.05) is 0 Å². The van der Waals surface area contributed by atoms with Crippen LogP contribution in [0.15, 0.2) is 0 Å². The summed E-state index contributed by atoms with van der Waals surface area (Å²) in [4.78, 5) is 10.8. The molecule has 1 aliphatic heterocycles. The van der Waals surface area contributed by atoms with Crippen LogP contribution in [0.25, 0.3) is 0 Å². The first-order valence-electron chi connectivity index (χ1n) is 5.17. The zero-order valence-electron chi connectivity index (χ0n) is 9.20. The van der Waals surface area contributed by atoms with Gasteiger partial charge in [0, 0.05) is 31.1 Å². The SMILES string of the molecule is C[C@H](N)c1nc(N)nc2c1CN(C)CC2. The van der Waals surface area contributed by atoms with Gasteiger partial charge in [0.1, 0.15) is 0 Å². The molecule has 2 rings (SSSR count). The van der Waals surface area contributed by atoms with Crippen molar-refractivity contribution in [2.75, 3.05) is 19.3 Å². The van der Waals surface area contributed by atoms with Crippen LogP contribution < -0.4 is 11.5 Å². The smallest absolute Gasteiger partial charge is 0.220 e. The quantitative estimate of drug-likeness (QED) is 0.681. The molecule has 0 amide bonds. The van der Waals surface area contributed by atoms with E-state index < -0.39 is 0 Å². The number of fused-ring (bicyclic) bond motifs is 1. The Labute approximate surface area is 89.5 Å². The van der Waals surface area contributed by atoms with E-state index in [0.717, 1.165) is 36.5 Å². The molecule has 1 aromatic rings. The van der Waals surface area contributed by atoms with Crippen LogP contribution in [0.3, 0.4) is 0 Å². The van der Waals surface area contributed by atoms with Crippen molar-refractivity contribution in [1.29, 1.82) is 0 Å². The normalized spacial score (nSPS) is 18.6. The average molecular weight is 207 g/mol. The minimum atomic E-state index is -0.0875. The highest BCUT2D eigenvalue weighted by Gasteiger charge is 2.21. The standard InChI is InChI=1S/C10H17N5/c1-6(11)9-7-5-15(2)4-3-8(7)13-10(12)14-9/h6H,3-5,11H2,1-2H3,(H2,12,13,14)/t6-/m0/s1. The van der Waals surface area contributed by atoms with Crippen LogP contribution >= 0.6 is 0 Å². The number of nitrogen functional groups attached to an aromatic ring is 1. The fourth-order valence-electron chi connectivity index (χ4n) is 1.97. The first kappa shape index (κ1) is 10.3. The molecule has 5 nitrogen and oxygen atoms in total. The molecule has 1 aliphatic rings. The lowest BCUT2D eigenvalue weighted by Gasteiger charge is -2.26. The summed E-state index contributed by atoms with van der Waals surface area (Å²) in [7, 11) is 2.09. The fraction of sp³-hybridized carbons (Fsp3) is 0.600. The Balaban J connectivity index is 2.50. The molecule has 2 heterocycles. The fourth-order valence-corrected chi connectivity index (χ4v) is 1.97. The van der Waals surface area contributed by atoms with Gasteiger partial charge in [0.25, 0.3) is 0 Å². The maximum Gasteiger partial charge on any atom is 0.220 e. The summed E-state index contributed by atoms with van der Waals surface area (Å²) in [5.74, 6) is 0.339. The van der Waals surface area contributed by atoms with Crippen LogP contribution in [0, 0.1) is 0 Å². The van der Waals surface area contributed by atoms with Crippen molar-refractivity contribution < 1.29 is 0 Å². The van der Waals surface area contributed by atoms with Crippen LogP contribution in [-0.2, 0) is 13.0 Å². The second kappa shape index (κ2) is 3.75. The third-order valence-corrected chi connectivity index (χ3v) is 2.73. The minimum absolute atomic E-state index is 0.0875. The largest absolute Gasteiger partial charge is 0.368 e. The Morgan fingerprint density at radius 3 is 2.80 bits per heavy atom. The van der Waals surface area contributed by atoms with Crippen LogP contribution in [0.2, 0.25) is 0 Å². The number of likely N-dealkylation sites (N-methyl/N-ethyl adjacent to an activating group) is 1. The summed E-state index contributed by atoms with van der Waals surface area (Å²) in [6.45, 7) is 3.81. The Morgan fingerprint density at radius 2 is 2.13 bits per heavy atom. The first-order valence-corrected chi connectivity index (χ1v) is 5.17. The van der Waals surface area contributed by atoms with Gasteiger partial charge >= 0.3 is 0 Å². The summed E-state index contributed by atoms with van der Waals surface area (Å²) < 4.78 is 0. The van der Waals surface area contributed by atoms with Gasteiger partial charge in [-0.15, -0.1) is 0 Å². The van der Waals surface area contributed by atoms with E-state index >= 15 is 0 Å². The molecule has 0 saturated heterocycles. The molecule has 15 heavy (non-hydrogen) atoms. The van der Waals surface area contributed by atoms with Gasteiger partial charge in [0.2, 0.25) is 5.95 Å². The Morgan fingerprint density at radius 1 is 1.40 bits per heavy atom. The molecule has 82 valence electrons. The molecule has 0 fully saturated rings. The topological polar surface area (TPSA) is 81.1 Å². The number of rotatable bonds is 1. The van der Waals surface area contributed by atoms with E-state index in [1.54, 1.807) is 0 Å². The molecular weight excluding hydrogens is 190 g/mol. The van der Waals surface area contributed by atoms with E-state index in [0.29, 0.717) is 5.95 Å². The van der Waals surface area contributed by atoms with Gasteiger partial charge in [-0.05, 0) is 14.0 Å². The second-order valence-corrected chi connectivity index (χ2v) is 4.17. The Bertz CT molecular complexity index is 374. The van der Waals surface area contributed by atoms with Crippen molar-refractivity contribution in [1.82, 2.24) is 14.9 Å². The zero-order valence-corrected chi connectivity index (χ0v) is 9.20. The maximum absolute atomic E-state index is 5.89. The van der Waals surface area contributed by atoms with Crippen molar-refractivity contribution in [3.8, 4) is 0 Å². The maximum atomic E-state index is 5.89. The van der Waals surface area contributed by atoms with E-state index in [9.17, 15) is 0 Å². The van der Waals surface area contributed by atoms with Gasteiger partial charge < -0.3 is 16.4 Å². The molecular formula is C10H17N5. The molecule has 0 unspecified atom stereocenters. The Kier molecular flexibility index (Phi) is 2.58. The molecule has 0 radical (unpaired) electrons. The molecule has 1 atom stereocenters. The molecule has 1 aromatic heterocycles. The van der Waals surface area contributed by atoms with Crippen molar-refractivity contribution in [3.05, 3.63) is 17.0 Å². The summed E-state index contributed by atoms with van der Waals surface area (Å²) >= 11 is 0. The molecule has 5 heteroatoms. The van der Waals surface area contributed by atoms with Gasteiger partial charge in [-0.25, -0.2) is 9.97 Å². The van der Waals surface area contributed by atoms with Crippen molar-refractivity contribution in [2.45, 2.75) is 25.9 Å². The predicted molar refractivity (Wildman–Crippen MR) is 59.1 cm³/mol. The van der Waals surface area contributed by atoms with Crippen molar-refractivity contribution in [3.63, 3.8) is 0 Å². The minimum Gasteiger partial charge on any atom is -0.368 e. The summed E-state index contributed by atoms with van der Waals surface area (Å²) in [5, 5.41) is 0. The molecule has 0 aromatic carbocycles. The molecule has 0 spiro atoms. The lowest BCUT2D eigenvalue weighted by atomic mass is 10.0. The highest BCUT2D eigenvalue weighted by molar-refractivity contribution is 5.34. The van der Waals surface area contributed by atoms with Crippen LogP contribution in [0.4, 0.5) is 5.95 Å². The molecule has 0 aliphatic carbocycles. The van der Waals surface area contributed by atoms with E-state index in [2.05, 4.69) is 21.9 Å². The molecule has 0 saturated carbocycles. The number of aromatic nitrogens is 2. The second-order valence-electron chi connectivity index (χ2n) is 4.17. The zero-order chi connectivity index (χ0) is 11.0. The molecule has 0 bridgehead atoms. The van der Waals surface area contributed by atoms with E-state index in [1.165, 1.54) is 0 Å². The van der Waals surface area contributed by atoms with E-state index in [-0.39, 0.29) is 6.04 Å². The van der Waals surface area contributed by atoms with Crippen LogP contribution in [0.1, 0.15) is 29.9 Å². The monoisotopic (exact) mass is 207 g/mol. The van der Waals surface area contributed by atoms with E-state index in [1.807, 2.05) is 6.92 Å². The number of nitrogens with zero attached hydrogens (tertiary/aromatic N) is 3. The highest BCUT2D eigenvalue weighted by atomic mass is 15.1. The number of anilines is 1. The lowest BCUT2D eigenvalue weighted by molar-refractivity contribution is 0.306. The van der Waals surface area contributed by atoms with Crippen LogP contribution in [-0.4, -0.2) is 28.5 Å². The Hall–Kier alpha value is -1.20. The lowest BCUT2D eigenvalue weighted by Crippen LogP contribution is -2.30. The van der Waals surface area contributed by atoms with Gasteiger partial charge in [0.05, 0.1) is 11.4 Å². The summed E-state index contributed by atoms with van der Waals surface area (Å²) in [6, 6.07) is -0.0875. The number of hydrogen-bond acceptors (Lipinski definition) is 5. The number of hydrogen-bond donors (Lipinski definition) is 2. The van der Waals surface area contributed by atoms with Gasteiger partial charge in [-0.3, -0.25) is 0 Å². The van der Waals surface area contributed by atoms with Crippen molar-refractivity contribution >= 4 is 5.95 Å². The summed E-state index contributed by atoms with van der Waals surface area (Å²) in [5.41, 5.74) is 14.7. The van der Waals surface area contributed by atoms with Crippen LogP contribution in [0.5, 0.6) is 0 Å². The third kappa shape index (κ3) is 1.93. The summed E-state index contributed by atoms with van der Waals surface area (Å²) in [6.07, 6.45) is 0.929.